The maximum absolute atomic E-state index is 13.8. The van der Waals surface area contributed by atoms with E-state index >= 15 is 0 Å². The first kappa shape index (κ1) is 21.8. The third kappa shape index (κ3) is 4.16. The molecular formula is C20H15ClF5N3O. The fraction of sp³-hybridized carbons (Fsp3) is 0.200. The Bertz CT molecular complexity index is 1050. The molecule has 158 valence electrons. The molecule has 0 spiro atoms. The second-order valence-electron chi connectivity index (χ2n) is 6.27. The van der Waals surface area contributed by atoms with Crippen LogP contribution in [0.4, 0.5) is 27.8 Å². The van der Waals surface area contributed by atoms with Crippen molar-refractivity contribution in [3.63, 3.8) is 0 Å². The molecule has 1 unspecified atom stereocenters. The van der Waals surface area contributed by atoms with Crippen molar-refractivity contribution in [2.75, 3.05) is 5.32 Å². The van der Waals surface area contributed by atoms with E-state index in [9.17, 15) is 22.0 Å². The molecule has 0 saturated heterocycles. The van der Waals surface area contributed by atoms with Crippen LogP contribution in [0.2, 0.25) is 5.02 Å². The number of rotatable bonds is 6. The van der Waals surface area contributed by atoms with Gasteiger partial charge < -0.3 is 10.1 Å². The van der Waals surface area contributed by atoms with Crippen molar-refractivity contribution in [3.8, 4) is 11.5 Å². The molecule has 0 aliphatic heterocycles. The van der Waals surface area contributed by atoms with Crippen molar-refractivity contribution in [1.29, 1.82) is 0 Å². The van der Waals surface area contributed by atoms with E-state index < -0.39 is 34.8 Å². The number of aromatic nitrogens is 2. The van der Waals surface area contributed by atoms with Crippen LogP contribution in [0.3, 0.4) is 0 Å². The summed E-state index contributed by atoms with van der Waals surface area (Å²) in [5.41, 5.74) is 1.42. The summed E-state index contributed by atoms with van der Waals surface area (Å²) < 4.78 is 72.1. The second-order valence-corrected chi connectivity index (χ2v) is 6.65. The lowest BCUT2D eigenvalue weighted by Gasteiger charge is -2.17. The third-order valence-electron chi connectivity index (χ3n) is 4.32. The molecule has 1 atom stereocenters. The number of anilines is 1. The summed E-state index contributed by atoms with van der Waals surface area (Å²) in [6, 6.07) is 5.53. The highest BCUT2D eigenvalue weighted by Crippen LogP contribution is 2.33. The first-order chi connectivity index (χ1) is 14.2. The Kier molecular flexibility index (Phi) is 6.40. The van der Waals surface area contributed by atoms with Gasteiger partial charge in [0.05, 0.1) is 5.69 Å². The normalized spacial score (nSPS) is 12.0. The molecule has 0 aliphatic rings. The lowest BCUT2D eigenvalue weighted by molar-refractivity contribution is 0.332. The Balaban J connectivity index is 1.79. The van der Waals surface area contributed by atoms with Gasteiger partial charge >= 0.3 is 0 Å². The minimum absolute atomic E-state index is 0.109. The van der Waals surface area contributed by atoms with Gasteiger partial charge in [0, 0.05) is 6.04 Å². The van der Waals surface area contributed by atoms with E-state index in [-0.39, 0.29) is 11.8 Å². The second kappa shape index (κ2) is 8.83. The zero-order valence-electron chi connectivity index (χ0n) is 15.7. The van der Waals surface area contributed by atoms with Gasteiger partial charge in [-0.25, -0.2) is 23.1 Å². The standard InChI is InChI=1S/C20H15ClF5N3O/c1-3-12-13(21)20(28-8-27-12)29-9(2)10-4-6-11(7-5-10)30-19-17(25)15(23)14(22)16(24)18(19)26/h4-9H,3H2,1-2H3,(H,27,28,29). The first-order valence-corrected chi connectivity index (χ1v) is 9.17. The van der Waals surface area contributed by atoms with Crippen molar-refractivity contribution in [2.24, 2.45) is 0 Å². The Hall–Kier alpha value is -2.94. The Morgan fingerprint density at radius 3 is 2.07 bits per heavy atom. The summed E-state index contributed by atoms with van der Waals surface area (Å²) in [7, 11) is 0. The highest BCUT2D eigenvalue weighted by molar-refractivity contribution is 6.33. The molecule has 0 fully saturated rings. The summed E-state index contributed by atoms with van der Waals surface area (Å²) in [6.07, 6.45) is 2.02. The number of halogens is 6. The summed E-state index contributed by atoms with van der Waals surface area (Å²) >= 11 is 6.26. The van der Waals surface area contributed by atoms with Gasteiger partial charge in [-0.05, 0) is 31.0 Å². The monoisotopic (exact) mass is 443 g/mol. The minimum atomic E-state index is -2.25. The predicted octanol–water partition coefficient (Wildman–Crippen LogP) is 6.35. The van der Waals surface area contributed by atoms with E-state index in [0.717, 1.165) is 5.56 Å². The van der Waals surface area contributed by atoms with Crippen LogP contribution in [0.25, 0.3) is 0 Å². The maximum atomic E-state index is 13.8. The lowest BCUT2D eigenvalue weighted by atomic mass is 10.1. The average Bonchev–Trinajstić information content (AvgIpc) is 2.75. The van der Waals surface area contributed by atoms with E-state index in [1.807, 2.05) is 13.8 Å². The smallest absolute Gasteiger partial charge is 0.207 e. The lowest BCUT2D eigenvalue weighted by Crippen LogP contribution is -2.09. The van der Waals surface area contributed by atoms with Gasteiger partial charge in [-0.2, -0.15) is 8.78 Å². The number of aryl methyl sites for hydroxylation is 1. The van der Waals surface area contributed by atoms with Gasteiger partial charge in [-0.3, -0.25) is 0 Å². The quantitative estimate of drug-likeness (QED) is 0.274. The van der Waals surface area contributed by atoms with E-state index in [1.165, 1.54) is 18.5 Å². The van der Waals surface area contributed by atoms with Crippen LogP contribution in [-0.4, -0.2) is 9.97 Å². The highest BCUT2D eigenvalue weighted by Gasteiger charge is 2.27. The number of ether oxygens (including phenoxy) is 1. The molecule has 0 radical (unpaired) electrons. The largest absolute Gasteiger partial charge is 0.451 e. The number of hydrogen-bond donors (Lipinski definition) is 1. The molecule has 1 N–H and O–H groups in total. The number of hydrogen-bond acceptors (Lipinski definition) is 4. The fourth-order valence-corrected chi connectivity index (χ4v) is 2.94. The van der Waals surface area contributed by atoms with Crippen LogP contribution >= 0.6 is 11.6 Å². The molecule has 10 heteroatoms. The van der Waals surface area contributed by atoms with Gasteiger partial charge in [0.2, 0.25) is 34.8 Å². The molecule has 1 aromatic heterocycles. The fourth-order valence-electron chi connectivity index (χ4n) is 2.66. The number of benzene rings is 2. The van der Waals surface area contributed by atoms with Crippen LogP contribution in [-0.2, 0) is 6.42 Å². The number of nitrogens with zero attached hydrogens (tertiary/aromatic N) is 2. The zero-order valence-corrected chi connectivity index (χ0v) is 16.5. The van der Waals surface area contributed by atoms with Gasteiger partial charge in [0.15, 0.2) is 0 Å². The summed E-state index contributed by atoms with van der Waals surface area (Å²) in [5.74, 6) is -11.5. The van der Waals surface area contributed by atoms with Crippen LogP contribution in [0, 0.1) is 29.1 Å². The highest BCUT2D eigenvalue weighted by atomic mass is 35.5. The third-order valence-corrected chi connectivity index (χ3v) is 4.72. The molecule has 3 rings (SSSR count). The van der Waals surface area contributed by atoms with Gasteiger partial charge in [-0.1, -0.05) is 30.7 Å². The summed E-state index contributed by atoms with van der Waals surface area (Å²) in [5, 5.41) is 3.53. The predicted molar refractivity (Wildman–Crippen MR) is 101 cm³/mol. The maximum Gasteiger partial charge on any atom is 0.207 e. The molecule has 4 nitrogen and oxygen atoms in total. The molecule has 2 aromatic carbocycles. The Morgan fingerprint density at radius 2 is 1.50 bits per heavy atom. The molecule has 0 saturated carbocycles. The Labute approximate surface area is 173 Å². The first-order valence-electron chi connectivity index (χ1n) is 8.79. The van der Waals surface area contributed by atoms with Crippen molar-refractivity contribution in [3.05, 3.63) is 76.0 Å². The molecular weight excluding hydrogens is 429 g/mol. The molecule has 1 heterocycles. The molecule has 30 heavy (non-hydrogen) atoms. The van der Waals surface area contributed by atoms with Crippen LogP contribution < -0.4 is 10.1 Å². The minimum Gasteiger partial charge on any atom is -0.451 e. The summed E-state index contributed by atoms with van der Waals surface area (Å²) in [4.78, 5) is 8.19. The van der Waals surface area contributed by atoms with Gasteiger partial charge in [0.25, 0.3) is 0 Å². The Morgan fingerprint density at radius 1 is 0.933 bits per heavy atom. The van der Waals surface area contributed by atoms with E-state index in [2.05, 4.69) is 15.3 Å². The summed E-state index contributed by atoms with van der Waals surface area (Å²) in [6.45, 7) is 3.73. The zero-order chi connectivity index (χ0) is 22.0. The van der Waals surface area contributed by atoms with Crippen LogP contribution in [0.1, 0.15) is 31.1 Å². The van der Waals surface area contributed by atoms with Crippen LogP contribution in [0.5, 0.6) is 11.5 Å². The van der Waals surface area contributed by atoms with Crippen molar-refractivity contribution < 1.29 is 26.7 Å². The van der Waals surface area contributed by atoms with E-state index in [1.54, 1.807) is 12.1 Å². The molecule has 0 bridgehead atoms. The van der Waals surface area contributed by atoms with Crippen LogP contribution in [0.15, 0.2) is 30.6 Å². The van der Waals surface area contributed by atoms with E-state index in [4.69, 9.17) is 16.3 Å². The molecule has 0 amide bonds. The SMILES string of the molecule is CCc1ncnc(NC(C)c2ccc(Oc3c(F)c(F)c(F)c(F)c3F)cc2)c1Cl. The van der Waals surface area contributed by atoms with Crippen molar-refractivity contribution in [2.45, 2.75) is 26.3 Å². The van der Waals surface area contributed by atoms with E-state index in [0.29, 0.717) is 23.0 Å². The van der Waals surface area contributed by atoms with Gasteiger partial charge in [-0.15, -0.1) is 0 Å². The topological polar surface area (TPSA) is 47.0 Å². The average molecular weight is 444 g/mol. The van der Waals surface area contributed by atoms with Crippen molar-refractivity contribution >= 4 is 17.4 Å². The van der Waals surface area contributed by atoms with Crippen molar-refractivity contribution in [1.82, 2.24) is 9.97 Å². The number of nitrogens with one attached hydrogen (secondary N) is 1. The molecule has 3 aromatic rings. The molecule has 0 aliphatic carbocycles. The van der Waals surface area contributed by atoms with Gasteiger partial charge in [0.1, 0.15) is 22.9 Å².